The van der Waals surface area contributed by atoms with E-state index in [9.17, 15) is 9.59 Å². The van der Waals surface area contributed by atoms with Crippen molar-refractivity contribution in [3.05, 3.63) is 35.9 Å². The number of ketones is 2. The zero-order chi connectivity index (χ0) is 38.4. The number of aromatic nitrogens is 4. The predicted molar refractivity (Wildman–Crippen MR) is 218 cm³/mol. The molecule has 0 radical (unpaired) electrons. The average molecular weight is 753 g/mol. The minimum Gasteiger partial charge on any atom is -0.332 e. The Morgan fingerprint density at radius 1 is 0.655 bits per heavy atom. The monoisotopic (exact) mass is 753 g/mol. The summed E-state index contributed by atoms with van der Waals surface area (Å²) in [7, 11) is 2.23. The molecule has 8 rings (SSSR count). The fourth-order valence-electron chi connectivity index (χ4n) is 12.0. The standard InChI is InChI=1S/C45H68N8O2/c1-29(2)41(54)34-13-11-33(12-14-34)36-23-48-44(49-24-36)53-39-17-18-40(53)28-51(27-39)45(4,5)20-30(3)42(55)35-9-7-31(8-10-35)19-32-21-46-43(47-22-32)52-37-15-16-38(52)26-50(6)25-37/h21-24,29-31,33-35,37-40H,7-20,25-28H2,1-6H3/t30?,31-,33-,34+,35+,37?,38?,39?,40?. The van der Waals surface area contributed by atoms with Crippen molar-refractivity contribution in [2.45, 2.75) is 160 Å². The lowest BCUT2D eigenvalue weighted by molar-refractivity contribution is -0.129. The molecule has 5 atom stereocenters. The topological polar surface area (TPSA) is 98.7 Å². The summed E-state index contributed by atoms with van der Waals surface area (Å²) in [6.07, 6.45) is 23.4. The molecule has 2 aliphatic carbocycles. The molecule has 55 heavy (non-hydrogen) atoms. The Bertz CT molecular complexity index is 1600. The van der Waals surface area contributed by atoms with Crippen LogP contribution in [-0.4, -0.2) is 104 Å². The van der Waals surface area contributed by atoms with Crippen molar-refractivity contribution in [1.29, 1.82) is 0 Å². The molecule has 0 spiro atoms. The molecule has 5 unspecified atom stereocenters. The molecule has 6 fully saturated rings. The van der Waals surface area contributed by atoms with Gasteiger partial charge in [0, 0.05) is 104 Å². The van der Waals surface area contributed by atoms with E-state index in [0.29, 0.717) is 47.6 Å². The maximum Gasteiger partial charge on any atom is 0.225 e. The molecule has 0 aromatic carbocycles. The Morgan fingerprint density at radius 3 is 1.65 bits per heavy atom. The van der Waals surface area contributed by atoms with Crippen molar-refractivity contribution in [2.75, 3.05) is 43.0 Å². The molecule has 2 aromatic rings. The quantitative estimate of drug-likeness (QED) is 0.223. The third-order valence-corrected chi connectivity index (χ3v) is 15.0. The molecule has 4 saturated heterocycles. The van der Waals surface area contributed by atoms with Crippen molar-refractivity contribution in [3.8, 4) is 0 Å². The van der Waals surface area contributed by atoms with Crippen LogP contribution in [0.4, 0.5) is 11.9 Å². The SMILES string of the molecule is CC(C)C(=O)[C@H]1CC[C@@H](c2cnc(N3C4CCC3CN(C(C)(C)CC(C)C(=O)[C@H]3CC[C@@H](Cc5cnc(N6C7CCC6CN(C)C7)nc5)CC3)C4)nc2)CC1. The maximum atomic E-state index is 13.9. The molecule has 10 nitrogen and oxygen atoms in total. The zero-order valence-electron chi connectivity index (χ0n) is 34.7. The molecule has 0 N–H and O–H groups in total. The zero-order valence-corrected chi connectivity index (χ0v) is 34.7. The highest BCUT2D eigenvalue weighted by atomic mass is 16.1. The van der Waals surface area contributed by atoms with Gasteiger partial charge in [0.1, 0.15) is 11.6 Å². The van der Waals surface area contributed by atoms with Crippen LogP contribution in [0.3, 0.4) is 0 Å². The minimum absolute atomic E-state index is 0.0461. The number of nitrogens with zero attached hydrogens (tertiary/aromatic N) is 8. The van der Waals surface area contributed by atoms with Crippen LogP contribution >= 0.6 is 0 Å². The summed E-state index contributed by atoms with van der Waals surface area (Å²) >= 11 is 0. The second-order valence-electron chi connectivity index (χ2n) is 19.8. The summed E-state index contributed by atoms with van der Waals surface area (Å²) in [6, 6.07) is 1.91. The second-order valence-corrected chi connectivity index (χ2v) is 19.8. The molecule has 6 aliphatic rings. The number of likely N-dealkylation sites (tertiary alicyclic amines) is 2. The van der Waals surface area contributed by atoms with Crippen molar-refractivity contribution >= 4 is 23.5 Å². The summed E-state index contributed by atoms with van der Waals surface area (Å²) in [5.41, 5.74) is 2.42. The summed E-state index contributed by atoms with van der Waals surface area (Å²) in [4.78, 5) is 56.1. The Balaban J connectivity index is 0.790. The van der Waals surface area contributed by atoms with Crippen LogP contribution in [-0.2, 0) is 16.0 Å². The van der Waals surface area contributed by atoms with Gasteiger partial charge in [-0.25, -0.2) is 19.9 Å². The van der Waals surface area contributed by atoms with E-state index in [2.05, 4.69) is 72.2 Å². The number of Topliss-reactive ketones (excluding diaryl/α,β-unsaturated/α-hetero) is 2. The van der Waals surface area contributed by atoms with Gasteiger partial charge in [-0.2, -0.15) is 0 Å². The van der Waals surface area contributed by atoms with Gasteiger partial charge in [-0.05, 0) is 134 Å². The minimum atomic E-state index is -0.0461. The van der Waals surface area contributed by atoms with Crippen LogP contribution in [0.5, 0.6) is 0 Å². The number of anilines is 2. The molecule has 6 heterocycles. The third kappa shape index (κ3) is 8.23. The first-order chi connectivity index (χ1) is 26.4. The molecule has 300 valence electrons. The number of piperazine rings is 2. The summed E-state index contributed by atoms with van der Waals surface area (Å²) in [5.74, 6) is 4.38. The van der Waals surface area contributed by atoms with E-state index >= 15 is 0 Å². The number of hydrogen-bond acceptors (Lipinski definition) is 10. The van der Waals surface area contributed by atoms with Gasteiger partial charge in [0.25, 0.3) is 0 Å². The largest absolute Gasteiger partial charge is 0.332 e. The molecule has 0 amide bonds. The summed E-state index contributed by atoms with van der Waals surface area (Å²) in [5, 5.41) is 0. The van der Waals surface area contributed by atoms with Crippen LogP contribution in [0.25, 0.3) is 0 Å². The van der Waals surface area contributed by atoms with Crippen LogP contribution in [0.2, 0.25) is 0 Å². The van der Waals surface area contributed by atoms with E-state index in [1.165, 1.54) is 36.8 Å². The van der Waals surface area contributed by atoms with E-state index in [0.717, 1.165) is 102 Å². The van der Waals surface area contributed by atoms with Gasteiger partial charge in [0.05, 0.1) is 0 Å². The van der Waals surface area contributed by atoms with Gasteiger partial charge in [0.2, 0.25) is 11.9 Å². The van der Waals surface area contributed by atoms with Crippen molar-refractivity contribution < 1.29 is 9.59 Å². The molecule has 4 bridgehead atoms. The highest BCUT2D eigenvalue weighted by molar-refractivity contribution is 5.83. The van der Waals surface area contributed by atoms with E-state index in [-0.39, 0.29) is 29.2 Å². The van der Waals surface area contributed by atoms with Gasteiger partial charge in [0.15, 0.2) is 0 Å². The summed E-state index contributed by atoms with van der Waals surface area (Å²) in [6.45, 7) is 15.2. The van der Waals surface area contributed by atoms with Crippen LogP contribution in [0, 0.1) is 29.6 Å². The van der Waals surface area contributed by atoms with Crippen molar-refractivity contribution in [1.82, 2.24) is 29.7 Å². The average Bonchev–Trinajstić information content (AvgIpc) is 3.61. The Morgan fingerprint density at radius 2 is 1.13 bits per heavy atom. The third-order valence-electron chi connectivity index (χ3n) is 15.0. The first-order valence-corrected chi connectivity index (χ1v) is 22.1. The van der Waals surface area contributed by atoms with E-state index in [4.69, 9.17) is 19.9 Å². The van der Waals surface area contributed by atoms with Gasteiger partial charge in [-0.3, -0.25) is 14.5 Å². The van der Waals surface area contributed by atoms with Gasteiger partial charge in [-0.1, -0.05) is 20.8 Å². The molecule has 2 saturated carbocycles. The summed E-state index contributed by atoms with van der Waals surface area (Å²) < 4.78 is 0. The molecule has 4 aliphatic heterocycles. The lowest BCUT2D eigenvalue weighted by Crippen LogP contribution is -2.60. The normalized spacial score (nSPS) is 32.3. The highest BCUT2D eigenvalue weighted by Gasteiger charge is 2.46. The number of likely N-dealkylation sites (N-methyl/N-ethyl adjacent to an activating group) is 1. The first kappa shape index (κ1) is 38.9. The molecule has 10 heteroatoms. The molecular weight excluding hydrogens is 685 g/mol. The van der Waals surface area contributed by atoms with E-state index in [1.54, 1.807) is 0 Å². The van der Waals surface area contributed by atoms with E-state index < -0.39 is 0 Å². The lowest BCUT2D eigenvalue weighted by atomic mass is 9.74. The number of fused-ring (bicyclic) bond motifs is 4. The first-order valence-electron chi connectivity index (χ1n) is 22.1. The van der Waals surface area contributed by atoms with Crippen LogP contribution in [0.1, 0.15) is 135 Å². The van der Waals surface area contributed by atoms with Crippen LogP contribution < -0.4 is 9.80 Å². The number of rotatable bonds is 12. The second kappa shape index (κ2) is 16.1. The van der Waals surface area contributed by atoms with E-state index in [1.807, 2.05) is 13.8 Å². The Hall–Kier alpha value is -2.98. The lowest BCUT2D eigenvalue weighted by Gasteiger charge is -2.48. The van der Waals surface area contributed by atoms with Gasteiger partial charge < -0.3 is 14.7 Å². The van der Waals surface area contributed by atoms with Gasteiger partial charge in [-0.15, -0.1) is 0 Å². The van der Waals surface area contributed by atoms with Crippen molar-refractivity contribution in [3.63, 3.8) is 0 Å². The fourth-order valence-corrected chi connectivity index (χ4v) is 12.0. The Labute approximate surface area is 330 Å². The van der Waals surface area contributed by atoms with Crippen LogP contribution in [0.15, 0.2) is 24.8 Å². The van der Waals surface area contributed by atoms with Crippen molar-refractivity contribution in [2.24, 2.45) is 29.6 Å². The number of hydrogen-bond donors (Lipinski definition) is 0. The number of carbonyl (C=O) groups excluding carboxylic acids is 2. The van der Waals surface area contributed by atoms with Gasteiger partial charge >= 0.3 is 0 Å². The Kier molecular flexibility index (Phi) is 11.4. The molecular formula is C45H68N8O2. The molecule has 2 aromatic heterocycles. The predicted octanol–water partition coefficient (Wildman–Crippen LogP) is 7.12. The fraction of sp³-hybridized carbons (Fsp3) is 0.778. The number of carbonyl (C=O) groups is 2. The maximum absolute atomic E-state index is 13.9. The smallest absolute Gasteiger partial charge is 0.225 e. The highest BCUT2D eigenvalue weighted by Crippen LogP contribution is 2.41.